The lowest BCUT2D eigenvalue weighted by Gasteiger charge is -2.41. The third-order valence-electron chi connectivity index (χ3n) is 7.23. The van der Waals surface area contributed by atoms with Crippen molar-refractivity contribution < 1.29 is 18.8 Å². The zero-order chi connectivity index (χ0) is 19.3. The Kier molecular flexibility index (Phi) is 5.35. The number of rotatable bonds is 7. The Morgan fingerprint density at radius 3 is 2.28 bits per heavy atom. The summed E-state index contributed by atoms with van der Waals surface area (Å²) in [4.78, 5) is 23.7. The van der Waals surface area contributed by atoms with Crippen molar-refractivity contribution in [3.8, 4) is 0 Å². The lowest BCUT2D eigenvalue weighted by atomic mass is 9.71. The highest BCUT2D eigenvalue weighted by Gasteiger charge is 2.73. The molecule has 2 saturated carbocycles. The van der Waals surface area contributed by atoms with Gasteiger partial charge in [0.15, 0.2) is 8.32 Å². The van der Waals surface area contributed by atoms with Gasteiger partial charge in [-0.25, -0.2) is 0 Å². The smallest absolute Gasteiger partial charge is 0.302 e. The number of fused-ring (bicyclic) bond motifs is 1. The van der Waals surface area contributed by atoms with E-state index in [9.17, 15) is 9.59 Å². The van der Waals surface area contributed by atoms with Gasteiger partial charge in [0.25, 0.3) is 0 Å². The van der Waals surface area contributed by atoms with Crippen LogP contribution in [0.5, 0.6) is 0 Å². The maximum absolute atomic E-state index is 12.2. The summed E-state index contributed by atoms with van der Waals surface area (Å²) in [5.74, 6) is 0.418. The second-order valence-electron chi connectivity index (χ2n) is 10.00. The molecule has 0 spiro atoms. The zero-order valence-electron chi connectivity index (χ0n) is 17.3. The first kappa shape index (κ1) is 20.6. The minimum atomic E-state index is -1.85. The predicted molar refractivity (Wildman–Crippen MR) is 102 cm³/mol. The SMILES string of the molecule is CCC(=O)C[C@]1(C)C[C@H](OC(C)=O)[C@@H]2C[C@@]21CO[Si](C)(C)C(C)(C)C. The van der Waals surface area contributed by atoms with E-state index in [0.29, 0.717) is 31.1 Å². The van der Waals surface area contributed by atoms with Crippen LogP contribution in [0.1, 0.15) is 67.2 Å². The van der Waals surface area contributed by atoms with Crippen molar-refractivity contribution in [1.82, 2.24) is 0 Å². The minimum Gasteiger partial charge on any atom is -0.462 e. The quantitative estimate of drug-likeness (QED) is 0.482. The molecule has 4 nitrogen and oxygen atoms in total. The second kappa shape index (κ2) is 6.49. The van der Waals surface area contributed by atoms with E-state index in [1.165, 1.54) is 6.92 Å². The first-order chi connectivity index (χ1) is 11.3. The summed E-state index contributed by atoms with van der Waals surface area (Å²) in [5.41, 5.74) is -0.138. The molecular weight excluding hydrogens is 332 g/mol. The summed E-state index contributed by atoms with van der Waals surface area (Å²) in [6, 6.07) is 0. The van der Waals surface area contributed by atoms with Gasteiger partial charge in [-0.3, -0.25) is 9.59 Å². The fourth-order valence-corrected chi connectivity index (χ4v) is 5.37. The Bertz CT molecular complexity index is 550. The summed E-state index contributed by atoms with van der Waals surface area (Å²) in [5, 5.41) is 0.164. The first-order valence-corrected chi connectivity index (χ1v) is 12.5. The van der Waals surface area contributed by atoms with Crippen molar-refractivity contribution in [2.24, 2.45) is 16.7 Å². The van der Waals surface area contributed by atoms with Crippen LogP contribution in [0.2, 0.25) is 18.1 Å². The third-order valence-corrected chi connectivity index (χ3v) is 11.7. The predicted octanol–water partition coefficient (Wildman–Crippen LogP) is 4.73. The van der Waals surface area contributed by atoms with E-state index in [4.69, 9.17) is 9.16 Å². The Morgan fingerprint density at radius 2 is 1.80 bits per heavy atom. The van der Waals surface area contributed by atoms with Crippen molar-refractivity contribution in [2.75, 3.05) is 6.61 Å². The molecule has 0 saturated heterocycles. The highest BCUT2D eigenvalue weighted by molar-refractivity contribution is 6.74. The fourth-order valence-electron chi connectivity index (χ4n) is 4.32. The highest BCUT2D eigenvalue weighted by Crippen LogP contribution is 2.74. The minimum absolute atomic E-state index is 0.00648. The number of hydrogen-bond donors (Lipinski definition) is 0. The van der Waals surface area contributed by atoms with Crippen LogP contribution in [-0.4, -0.2) is 32.8 Å². The van der Waals surface area contributed by atoms with E-state index in [0.717, 1.165) is 12.8 Å². The molecule has 0 aromatic rings. The van der Waals surface area contributed by atoms with Gasteiger partial charge in [-0.2, -0.15) is 0 Å². The molecule has 0 aromatic carbocycles. The molecule has 2 aliphatic carbocycles. The molecule has 4 atom stereocenters. The second-order valence-corrected chi connectivity index (χ2v) is 14.8. The van der Waals surface area contributed by atoms with Gasteiger partial charge in [-0.1, -0.05) is 34.6 Å². The molecule has 0 aliphatic heterocycles. The average molecular weight is 369 g/mol. The van der Waals surface area contributed by atoms with Crippen LogP contribution in [0.4, 0.5) is 0 Å². The number of hydrogen-bond acceptors (Lipinski definition) is 4. The summed E-state index contributed by atoms with van der Waals surface area (Å²) >= 11 is 0. The molecule has 25 heavy (non-hydrogen) atoms. The molecular formula is C20H36O4Si. The summed E-state index contributed by atoms with van der Waals surface area (Å²) in [7, 11) is -1.85. The van der Waals surface area contributed by atoms with Crippen LogP contribution in [0.25, 0.3) is 0 Å². The summed E-state index contributed by atoms with van der Waals surface area (Å²) < 4.78 is 12.2. The van der Waals surface area contributed by atoms with E-state index in [-0.39, 0.29) is 27.9 Å². The Hall–Kier alpha value is -0.683. The molecule has 2 aliphatic rings. The van der Waals surface area contributed by atoms with Gasteiger partial charge in [0.2, 0.25) is 0 Å². The largest absolute Gasteiger partial charge is 0.462 e. The van der Waals surface area contributed by atoms with Gasteiger partial charge in [0.05, 0.1) is 0 Å². The lowest BCUT2D eigenvalue weighted by Crippen LogP contribution is -2.44. The van der Waals surface area contributed by atoms with Crippen LogP contribution in [0.15, 0.2) is 0 Å². The van der Waals surface area contributed by atoms with E-state index >= 15 is 0 Å². The summed E-state index contributed by atoms with van der Waals surface area (Å²) in [6.07, 6.45) is 2.86. The number of carbonyl (C=O) groups excluding carboxylic acids is 2. The molecule has 0 amide bonds. The first-order valence-electron chi connectivity index (χ1n) is 9.61. The Labute approximate surface area is 154 Å². The van der Waals surface area contributed by atoms with E-state index in [2.05, 4.69) is 40.8 Å². The molecule has 2 rings (SSSR count). The molecule has 0 bridgehead atoms. The Morgan fingerprint density at radius 1 is 1.20 bits per heavy atom. The number of esters is 1. The van der Waals surface area contributed by atoms with E-state index in [1.54, 1.807) is 0 Å². The molecule has 0 N–H and O–H groups in total. The van der Waals surface area contributed by atoms with Crippen molar-refractivity contribution in [2.45, 2.75) is 91.5 Å². The van der Waals surface area contributed by atoms with Crippen molar-refractivity contribution in [3.63, 3.8) is 0 Å². The van der Waals surface area contributed by atoms with Crippen LogP contribution in [-0.2, 0) is 18.8 Å². The topological polar surface area (TPSA) is 52.6 Å². The third kappa shape index (κ3) is 3.73. The van der Waals surface area contributed by atoms with Gasteiger partial charge in [-0.15, -0.1) is 0 Å². The van der Waals surface area contributed by atoms with Crippen molar-refractivity contribution in [3.05, 3.63) is 0 Å². The van der Waals surface area contributed by atoms with E-state index < -0.39 is 8.32 Å². The number of carbonyl (C=O) groups is 2. The molecule has 5 heteroatoms. The van der Waals surface area contributed by atoms with Gasteiger partial charge in [0.1, 0.15) is 11.9 Å². The number of ketones is 1. The molecule has 0 heterocycles. The number of Topliss-reactive ketones (excluding diaryl/α,β-unsaturated/α-hetero) is 1. The number of ether oxygens (including phenoxy) is 1. The maximum Gasteiger partial charge on any atom is 0.302 e. The average Bonchev–Trinajstić information content (AvgIpc) is 3.14. The standard InChI is InChI=1S/C20H36O4Si/c1-9-15(22)10-19(6)12-17(24-14(2)21)16-11-20(16,19)13-23-25(7,8)18(3,4)5/h16-17H,9-13H2,1-8H3/t16-,17-,19+,20+/m0/s1. The van der Waals surface area contributed by atoms with Crippen LogP contribution >= 0.6 is 0 Å². The summed E-state index contributed by atoms with van der Waals surface area (Å²) in [6.45, 7) is 17.6. The van der Waals surface area contributed by atoms with Crippen molar-refractivity contribution >= 4 is 20.1 Å². The highest BCUT2D eigenvalue weighted by atomic mass is 28.4. The fraction of sp³-hybridized carbons (Fsp3) is 0.900. The van der Waals surface area contributed by atoms with Gasteiger partial charge in [0, 0.05) is 37.7 Å². The van der Waals surface area contributed by atoms with Gasteiger partial charge in [-0.05, 0) is 36.4 Å². The zero-order valence-corrected chi connectivity index (χ0v) is 18.3. The van der Waals surface area contributed by atoms with Gasteiger partial charge < -0.3 is 9.16 Å². The van der Waals surface area contributed by atoms with Crippen molar-refractivity contribution in [1.29, 1.82) is 0 Å². The molecule has 144 valence electrons. The molecule has 0 aromatic heterocycles. The van der Waals surface area contributed by atoms with Crippen LogP contribution in [0.3, 0.4) is 0 Å². The molecule has 0 unspecified atom stereocenters. The maximum atomic E-state index is 12.2. The lowest BCUT2D eigenvalue weighted by molar-refractivity contribution is -0.147. The van der Waals surface area contributed by atoms with Crippen LogP contribution < -0.4 is 0 Å². The van der Waals surface area contributed by atoms with E-state index in [1.807, 2.05) is 6.92 Å². The molecule has 2 fully saturated rings. The Balaban J connectivity index is 2.20. The molecule has 0 radical (unpaired) electrons. The van der Waals surface area contributed by atoms with Gasteiger partial charge >= 0.3 is 5.97 Å². The monoisotopic (exact) mass is 368 g/mol. The normalized spacial score (nSPS) is 34.6. The van der Waals surface area contributed by atoms with Crippen LogP contribution in [0, 0.1) is 16.7 Å².